The van der Waals surface area contributed by atoms with Gasteiger partial charge >= 0.3 is 0 Å². The van der Waals surface area contributed by atoms with E-state index in [9.17, 15) is 14.3 Å². The van der Waals surface area contributed by atoms with Gasteiger partial charge in [0, 0.05) is 65.0 Å². The van der Waals surface area contributed by atoms with Crippen LogP contribution >= 0.6 is 0 Å². The molecule has 2 fully saturated rings. The summed E-state index contributed by atoms with van der Waals surface area (Å²) in [6, 6.07) is 5.56. The molecule has 0 aromatic heterocycles. The monoisotopic (exact) mass is 439 g/mol. The van der Waals surface area contributed by atoms with Gasteiger partial charge in [-0.25, -0.2) is 4.39 Å². The topological polar surface area (TPSA) is 74.7 Å². The second-order valence-electron chi connectivity index (χ2n) is 8.07. The number of halogens is 1. The third-order valence-corrected chi connectivity index (χ3v) is 5.63. The number of hydrogen-bond acceptors (Lipinski definition) is 7. The number of morpholine rings is 2. The van der Waals surface area contributed by atoms with Crippen LogP contribution in [0.25, 0.3) is 0 Å². The van der Waals surface area contributed by atoms with Crippen molar-refractivity contribution < 1.29 is 28.5 Å². The Hall–Kier alpha value is -1.62. The lowest BCUT2D eigenvalue weighted by molar-refractivity contribution is -0.0564. The molecule has 2 aliphatic rings. The summed E-state index contributed by atoms with van der Waals surface area (Å²) >= 11 is 0. The van der Waals surface area contributed by atoms with Gasteiger partial charge in [0.15, 0.2) is 0 Å². The largest absolute Gasteiger partial charge is 0.390 e. The smallest absolute Gasteiger partial charge is 0.254 e. The van der Waals surface area contributed by atoms with E-state index in [0.29, 0.717) is 64.7 Å². The molecule has 8 nitrogen and oxygen atoms in total. The average molecular weight is 440 g/mol. The maximum atomic E-state index is 13.2. The Morgan fingerprint density at radius 1 is 1.19 bits per heavy atom. The highest BCUT2D eigenvalue weighted by atomic mass is 19.1. The first kappa shape index (κ1) is 24.0. The predicted molar refractivity (Wildman–Crippen MR) is 114 cm³/mol. The molecule has 31 heavy (non-hydrogen) atoms. The maximum absolute atomic E-state index is 13.2. The minimum absolute atomic E-state index is 0.161. The summed E-state index contributed by atoms with van der Waals surface area (Å²) in [5.41, 5.74) is 0.436. The van der Waals surface area contributed by atoms with E-state index in [2.05, 4.69) is 9.80 Å². The standard InChI is InChI=1S/C22H34FN3O5/c1-29-10-9-26(22(28)18-2-4-19(23)5-3-18)17-21-16-25(8-13-31-21)15-20(27)14-24-6-11-30-12-7-24/h2-5,20-21,27H,6-17H2,1H3/t20-,21-/m0/s1. The lowest BCUT2D eigenvalue weighted by Gasteiger charge is -2.37. The van der Waals surface area contributed by atoms with Gasteiger partial charge in [-0.05, 0) is 24.3 Å². The molecule has 0 spiro atoms. The van der Waals surface area contributed by atoms with Crippen LogP contribution in [0.3, 0.4) is 0 Å². The first-order chi connectivity index (χ1) is 15.0. The quantitative estimate of drug-likeness (QED) is 0.562. The van der Waals surface area contributed by atoms with Crippen LogP contribution in [-0.2, 0) is 14.2 Å². The van der Waals surface area contributed by atoms with E-state index in [1.165, 1.54) is 24.3 Å². The van der Waals surface area contributed by atoms with Crippen molar-refractivity contribution in [1.82, 2.24) is 14.7 Å². The number of carbonyl (C=O) groups excluding carboxylic acids is 1. The molecule has 0 saturated carbocycles. The lowest BCUT2D eigenvalue weighted by atomic mass is 10.1. The van der Waals surface area contributed by atoms with Gasteiger partial charge < -0.3 is 24.2 Å². The van der Waals surface area contributed by atoms with Gasteiger partial charge in [0.05, 0.1) is 38.6 Å². The summed E-state index contributed by atoms with van der Waals surface area (Å²) in [5.74, 6) is -0.549. The Balaban J connectivity index is 1.52. The molecular weight excluding hydrogens is 405 g/mol. The molecule has 1 amide bonds. The highest BCUT2D eigenvalue weighted by Crippen LogP contribution is 2.12. The Bertz CT molecular complexity index is 672. The van der Waals surface area contributed by atoms with Crippen molar-refractivity contribution in [3.05, 3.63) is 35.6 Å². The van der Waals surface area contributed by atoms with E-state index in [1.54, 1.807) is 12.0 Å². The first-order valence-electron chi connectivity index (χ1n) is 10.9. The van der Waals surface area contributed by atoms with E-state index in [4.69, 9.17) is 14.2 Å². The number of β-amino-alcohol motifs (C(OH)–C–C–N with tert-alkyl or cyclic N) is 1. The van der Waals surface area contributed by atoms with E-state index in [-0.39, 0.29) is 17.8 Å². The Labute approximate surface area is 183 Å². The zero-order chi connectivity index (χ0) is 22.1. The van der Waals surface area contributed by atoms with Crippen LogP contribution in [0.5, 0.6) is 0 Å². The number of rotatable bonds is 10. The van der Waals surface area contributed by atoms with Crippen LogP contribution in [0.2, 0.25) is 0 Å². The molecule has 2 heterocycles. The molecule has 2 aliphatic heterocycles. The minimum Gasteiger partial charge on any atom is -0.390 e. The van der Waals surface area contributed by atoms with E-state index < -0.39 is 6.10 Å². The molecule has 0 unspecified atom stereocenters. The fourth-order valence-corrected chi connectivity index (χ4v) is 3.99. The zero-order valence-electron chi connectivity index (χ0n) is 18.2. The highest BCUT2D eigenvalue weighted by Gasteiger charge is 2.27. The summed E-state index contributed by atoms with van der Waals surface area (Å²) in [5, 5.41) is 10.5. The van der Waals surface area contributed by atoms with Gasteiger partial charge in [-0.1, -0.05) is 0 Å². The molecule has 1 aromatic carbocycles. The van der Waals surface area contributed by atoms with Crippen molar-refractivity contribution in [3.8, 4) is 0 Å². The van der Waals surface area contributed by atoms with E-state index in [1.807, 2.05) is 0 Å². The van der Waals surface area contributed by atoms with Gasteiger partial charge in [0.1, 0.15) is 5.82 Å². The van der Waals surface area contributed by atoms with Crippen molar-refractivity contribution in [2.45, 2.75) is 12.2 Å². The van der Waals surface area contributed by atoms with Crippen LogP contribution in [0, 0.1) is 5.82 Å². The molecule has 0 bridgehead atoms. The number of hydrogen-bond donors (Lipinski definition) is 1. The van der Waals surface area contributed by atoms with Crippen molar-refractivity contribution in [2.75, 3.05) is 85.9 Å². The van der Waals surface area contributed by atoms with Gasteiger partial charge in [-0.3, -0.25) is 14.6 Å². The summed E-state index contributed by atoms with van der Waals surface area (Å²) in [4.78, 5) is 19.0. The number of benzene rings is 1. The Morgan fingerprint density at radius 2 is 1.87 bits per heavy atom. The molecule has 1 N–H and O–H groups in total. The van der Waals surface area contributed by atoms with Gasteiger partial charge in [-0.15, -0.1) is 0 Å². The molecule has 9 heteroatoms. The molecule has 2 atom stereocenters. The first-order valence-corrected chi connectivity index (χ1v) is 10.9. The number of aliphatic hydroxyl groups excluding tert-OH is 1. The normalized spacial score (nSPS) is 21.7. The summed E-state index contributed by atoms with van der Waals surface area (Å²) < 4.78 is 29.7. The van der Waals surface area contributed by atoms with Crippen molar-refractivity contribution in [3.63, 3.8) is 0 Å². The fraction of sp³-hybridized carbons (Fsp3) is 0.682. The second kappa shape index (κ2) is 12.4. The van der Waals surface area contributed by atoms with E-state index in [0.717, 1.165) is 19.6 Å². The third-order valence-electron chi connectivity index (χ3n) is 5.63. The molecule has 0 aliphatic carbocycles. The van der Waals surface area contributed by atoms with Crippen LogP contribution < -0.4 is 0 Å². The highest BCUT2D eigenvalue weighted by molar-refractivity contribution is 5.94. The average Bonchev–Trinajstić information content (AvgIpc) is 2.77. The van der Waals surface area contributed by atoms with Crippen molar-refractivity contribution in [2.24, 2.45) is 0 Å². The maximum Gasteiger partial charge on any atom is 0.254 e. The molecule has 174 valence electrons. The van der Waals surface area contributed by atoms with Crippen LogP contribution in [-0.4, -0.2) is 124 Å². The molecular formula is C22H34FN3O5. The molecule has 0 radical (unpaired) electrons. The van der Waals surface area contributed by atoms with Crippen LogP contribution in [0.15, 0.2) is 24.3 Å². The van der Waals surface area contributed by atoms with Crippen LogP contribution in [0.1, 0.15) is 10.4 Å². The number of aliphatic hydroxyl groups is 1. The number of nitrogens with zero attached hydrogens (tertiary/aromatic N) is 3. The summed E-state index contributed by atoms with van der Waals surface area (Å²) in [7, 11) is 1.59. The van der Waals surface area contributed by atoms with Gasteiger partial charge in [0.2, 0.25) is 0 Å². The number of methoxy groups -OCH3 is 1. The zero-order valence-corrected chi connectivity index (χ0v) is 18.2. The van der Waals surface area contributed by atoms with E-state index >= 15 is 0 Å². The van der Waals surface area contributed by atoms with Crippen LogP contribution in [0.4, 0.5) is 4.39 Å². The summed E-state index contributed by atoms with van der Waals surface area (Å²) in [6.07, 6.45) is -0.604. The SMILES string of the molecule is COCCN(C[C@@H]1CN(C[C@@H](O)CN2CCOCC2)CCO1)C(=O)c1ccc(F)cc1. The lowest BCUT2D eigenvalue weighted by Crippen LogP contribution is -2.52. The number of amides is 1. The number of ether oxygens (including phenoxy) is 3. The predicted octanol–water partition coefficient (Wildman–Crippen LogP) is 0.308. The minimum atomic E-state index is -0.442. The summed E-state index contributed by atoms with van der Waals surface area (Å²) in [6.45, 7) is 7.51. The molecule has 1 aromatic rings. The Kier molecular flexibility index (Phi) is 9.63. The van der Waals surface area contributed by atoms with Crippen molar-refractivity contribution >= 4 is 5.91 Å². The van der Waals surface area contributed by atoms with Gasteiger partial charge in [-0.2, -0.15) is 0 Å². The molecule has 3 rings (SSSR count). The second-order valence-corrected chi connectivity index (χ2v) is 8.07. The fourth-order valence-electron chi connectivity index (χ4n) is 3.99. The number of carbonyl (C=O) groups is 1. The molecule has 2 saturated heterocycles. The Morgan fingerprint density at radius 3 is 2.58 bits per heavy atom. The van der Waals surface area contributed by atoms with Gasteiger partial charge in [0.25, 0.3) is 5.91 Å². The third kappa shape index (κ3) is 7.78. The van der Waals surface area contributed by atoms with Crippen molar-refractivity contribution in [1.29, 1.82) is 0 Å².